The SMILES string of the molecule is CC(=O)c1cccc(NC(=O)c2cc(C(C)C)nc3onc(C)c23)c1. The van der Waals surface area contributed by atoms with Crippen LogP contribution in [0, 0.1) is 6.92 Å². The summed E-state index contributed by atoms with van der Waals surface area (Å²) in [5.41, 5.74) is 3.28. The molecular formula is C19H19N3O3. The van der Waals surface area contributed by atoms with E-state index in [2.05, 4.69) is 15.5 Å². The van der Waals surface area contributed by atoms with Crippen LogP contribution in [0.15, 0.2) is 34.9 Å². The second kappa shape index (κ2) is 6.47. The Balaban J connectivity index is 2.03. The van der Waals surface area contributed by atoms with Crippen molar-refractivity contribution in [2.75, 3.05) is 5.32 Å². The highest BCUT2D eigenvalue weighted by Crippen LogP contribution is 2.26. The van der Waals surface area contributed by atoms with Crippen molar-refractivity contribution < 1.29 is 14.1 Å². The fourth-order valence-electron chi connectivity index (χ4n) is 2.60. The van der Waals surface area contributed by atoms with Crippen molar-refractivity contribution >= 4 is 28.5 Å². The lowest BCUT2D eigenvalue weighted by atomic mass is 10.0. The molecule has 1 aromatic carbocycles. The number of ketones is 1. The van der Waals surface area contributed by atoms with Crippen LogP contribution in [0.1, 0.15) is 58.8 Å². The van der Waals surface area contributed by atoms with Crippen molar-refractivity contribution in [2.24, 2.45) is 0 Å². The van der Waals surface area contributed by atoms with Gasteiger partial charge in [0.1, 0.15) is 0 Å². The maximum Gasteiger partial charge on any atom is 0.259 e. The van der Waals surface area contributed by atoms with Crippen LogP contribution in [0.3, 0.4) is 0 Å². The summed E-state index contributed by atoms with van der Waals surface area (Å²) in [7, 11) is 0. The zero-order valence-corrected chi connectivity index (χ0v) is 14.6. The van der Waals surface area contributed by atoms with E-state index in [1.54, 1.807) is 37.3 Å². The minimum Gasteiger partial charge on any atom is -0.336 e. The molecule has 6 nitrogen and oxygen atoms in total. The lowest BCUT2D eigenvalue weighted by molar-refractivity contribution is 0.101. The molecule has 0 radical (unpaired) electrons. The van der Waals surface area contributed by atoms with Gasteiger partial charge in [0.2, 0.25) is 0 Å². The maximum atomic E-state index is 12.8. The highest BCUT2D eigenvalue weighted by atomic mass is 16.5. The number of Topliss-reactive ketones (excluding diaryl/α,β-unsaturated/α-hetero) is 1. The lowest BCUT2D eigenvalue weighted by Crippen LogP contribution is -2.14. The van der Waals surface area contributed by atoms with E-state index in [1.807, 2.05) is 13.8 Å². The van der Waals surface area contributed by atoms with Crippen molar-refractivity contribution in [3.05, 3.63) is 52.8 Å². The number of hydrogen-bond acceptors (Lipinski definition) is 5. The highest BCUT2D eigenvalue weighted by molar-refractivity contribution is 6.12. The molecule has 25 heavy (non-hydrogen) atoms. The average Bonchev–Trinajstić information content (AvgIpc) is 2.95. The number of aryl methyl sites for hydroxylation is 1. The summed E-state index contributed by atoms with van der Waals surface area (Å²) >= 11 is 0. The predicted octanol–water partition coefficient (Wildman–Crippen LogP) is 4.11. The monoisotopic (exact) mass is 337 g/mol. The van der Waals surface area contributed by atoms with Gasteiger partial charge >= 0.3 is 0 Å². The van der Waals surface area contributed by atoms with Crippen LogP contribution in [-0.2, 0) is 0 Å². The van der Waals surface area contributed by atoms with Gasteiger partial charge in [-0.15, -0.1) is 0 Å². The van der Waals surface area contributed by atoms with Crippen LogP contribution in [0.5, 0.6) is 0 Å². The molecule has 0 aliphatic heterocycles. The zero-order valence-electron chi connectivity index (χ0n) is 14.6. The van der Waals surface area contributed by atoms with Gasteiger partial charge in [0, 0.05) is 16.9 Å². The molecule has 1 N–H and O–H groups in total. The third-order valence-corrected chi connectivity index (χ3v) is 4.00. The molecule has 0 saturated heterocycles. The van der Waals surface area contributed by atoms with Gasteiger partial charge in [0.25, 0.3) is 11.6 Å². The standard InChI is InChI=1S/C19H19N3O3/c1-10(2)16-9-15(17-11(3)22-25-19(17)21-16)18(24)20-14-7-5-6-13(8-14)12(4)23/h5-10H,1-4H3,(H,20,24). The van der Waals surface area contributed by atoms with Gasteiger partial charge in [-0.3, -0.25) is 9.59 Å². The third kappa shape index (κ3) is 3.28. The normalized spacial score (nSPS) is 11.1. The lowest BCUT2D eigenvalue weighted by Gasteiger charge is -2.10. The Morgan fingerprint density at radius 2 is 1.96 bits per heavy atom. The number of carbonyl (C=O) groups is 2. The summed E-state index contributed by atoms with van der Waals surface area (Å²) in [4.78, 5) is 28.8. The molecule has 2 aromatic heterocycles. The molecule has 0 bridgehead atoms. The second-order valence-corrected chi connectivity index (χ2v) is 6.29. The first-order chi connectivity index (χ1) is 11.9. The maximum absolute atomic E-state index is 12.8. The first-order valence-electron chi connectivity index (χ1n) is 8.06. The van der Waals surface area contributed by atoms with E-state index in [-0.39, 0.29) is 17.6 Å². The van der Waals surface area contributed by atoms with Crippen molar-refractivity contribution in [2.45, 2.75) is 33.6 Å². The number of nitrogens with zero attached hydrogens (tertiary/aromatic N) is 2. The molecule has 3 rings (SSSR count). The van der Waals surface area contributed by atoms with Crippen LogP contribution in [0.2, 0.25) is 0 Å². The number of benzene rings is 1. The number of amides is 1. The molecule has 3 aromatic rings. The van der Waals surface area contributed by atoms with Gasteiger partial charge in [0.05, 0.1) is 16.6 Å². The minimum atomic E-state index is -0.290. The Hall–Kier alpha value is -3.02. The summed E-state index contributed by atoms with van der Waals surface area (Å²) in [5.74, 6) is -0.205. The van der Waals surface area contributed by atoms with Crippen LogP contribution in [-0.4, -0.2) is 21.8 Å². The molecule has 0 aliphatic carbocycles. The largest absolute Gasteiger partial charge is 0.336 e. The van der Waals surface area contributed by atoms with E-state index in [0.29, 0.717) is 33.6 Å². The van der Waals surface area contributed by atoms with Crippen molar-refractivity contribution in [3.63, 3.8) is 0 Å². The smallest absolute Gasteiger partial charge is 0.259 e. The van der Waals surface area contributed by atoms with Gasteiger partial charge in [-0.05, 0) is 38.0 Å². The summed E-state index contributed by atoms with van der Waals surface area (Å²) in [6.07, 6.45) is 0. The Morgan fingerprint density at radius 3 is 2.64 bits per heavy atom. The number of nitrogens with one attached hydrogen (secondary N) is 1. The van der Waals surface area contributed by atoms with Crippen LogP contribution in [0.4, 0.5) is 5.69 Å². The van der Waals surface area contributed by atoms with Gasteiger partial charge in [-0.25, -0.2) is 4.98 Å². The molecule has 2 heterocycles. The number of anilines is 1. The summed E-state index contributed by atoms with van der Waals surface area (Å²) in [6.45, 7) is 7.25. The molecule has 0 saturated carbocycles. The highest BCUT2D eigenvalue weighted by Gasteiger charge is 2.20. The quantitative estimate of drug-likeness (QED) is 0.724. The van der Waals surface area contributed by atoms with Gasteiger partial charge in [-0.2, -0.15) is 0 Å². The third-order valence-electron chi connectivity index (χ3n) is 4.00. The number of rotatable bonds is 4. The van der Waals surface area contributed by atoms with E-state index < -0.39 is 0 Å². The first-order valence-corrected chi connectivity index (χ1v) is 8.06. The number of hydrogen-bond donors (Lipinski definition) is 1. The van der Waals surface area contributed by atoms with Gasteiger partial charge in [0.15, 0.2) is 5.78 Å². The number of carbonyl (C=O) groups excluding carboxylic acids is 2. The van der Waals surface area contributed by atoms with Crippen molar-refractivity contribution in [1.82, 2.24) is 10.1 Å². The number of fused-ring (bicyclic) bond motifs is 1. The summed E-state index contributed by atoms with van der Waals surface area (Å²) < 4.78 is 5.25. The molecule has 0 atom stereocenters. The van der Waals surface area contributed by atoms with E-state index in [4.69, 9.17) is 4.52 Å². The Morgan fingerprint density at radius 1 is 1.20 bits per heavy atom. The molecular weight excluding hydrogens is 318 g/mol. The summed E-state index contributed by atoms with van der Waals surface area (Å²) in [5, 5.41) is 7.36. The molecule has 0 spiro atoms. The van der Waals surface area contributed by atoms with E-state index >= 15 is 0 Å². The average molecular weight is 337 g/mol. The van der Waals surface area contributed by atoms with Gasteiger partial charge in [-0.1, -0.05) is 31.1 Å². The number of pyridine rings is 1. The summed E-state index contributed by atoms with van der Waals surface area (Å²) in [6, 6.07) is 8.61. The molecule has 0 aliphatic rings. The Labute approximate surface area is 145 Å². The molecule has 6 heteroatoms. The molecule has 128 valence electrons. The van der Waals surface area contributed by atoms with Crippen molar-refractivity contribution in [3.8, 4) is 0 Å². The van der Waals surface area contributed by atoms with E-state index in [9.17, 15) is 9.59 Å². The van der Waals surface area contributed by atoms with Gasteiger partial charge < -0.3 is 9.84 Å². The van der Waals surface area contributed by atoms with E-state index in [0.717, 1.165) is 5.69 Å². The Kier molecular flexibility index (Phi) is 4.35. The van der Waals surface area contributed by atoms with Crippen LogP contribution < -0.4 is 5.32 Å². The topological polar surface area (TPSA) is 85.1 Å². The Bertz CT molecular complexity index is 973. The fourth-order valence-corrected chi connectivity index (χ4v) is 2.60. The van der Waals surface area contributed by atoms with Crippen LogP contribution >= 0.6 is 0 Å². The van der Waals surface area contributed by atoms with Crippen molar-refractivity contribution in [1.29, 1.82) is 0 Å². The second-order valence-electron chi connectivity index (χ2n) is 6.29. The predicted molar refractivity (Wildman–Crippen MR) is 95.0 cm³/mol. The van der Waals surface area contributed by atoms with Crippen LogP contribution in [0.25, 0.3) is 11.1 Å². The van der Waals surface area contributed by atoms with E-state index in [1.165, 1.54) is 6.92 Å². The minimum absolute atomic E-state index is 0.0561. The first kappa shape index (κ1) is 16.8. The fraction of sp³-hybridized carbons (Fsp3) is 0.263. The number of aromatic nitrogens is 2. The molecule has 1 amide bonds. The zero-order chi connectivity index (χ0) is 18.1. The molecule has 0 fully saturated rings. The molecule has 0 unspecified atom stereocenters.